The Bertz CT molecular complexity index is 475. The summed E-state index contributed by atoms with van der Waals surface area (Å²) in [5.74, 6) is 0.872. The molecule has 17 heavy (non-hydrogen) atoms. The van der Waals surface area contributed by atoms with Gasteiger partial charge in [0, 0.05) is 18.9 Å². The highest BCUT2D eigenvalue weighted by atomic mass is 15.4. The first-order chi connectivity index (χ1) is 8.18. The Labute approximate surface area is 101 Å². The van der Waals surface area contributed by atoms with E-state index in [1.165, 1.54) is 5.56 Å². The molecular formula is C12H17N5. The predicted molar refractivity (Wildman–Crippen MR) is 66.5 cm³/mol. The van der Waals surface area contributed by atoms with Crippen LogP contribution in [0.2, 0.25) is 0 Å². The van der Waals surface area contributed by atoms with Crippen molar-refractivity contribution in [3.05, 3.63) is 35.8 Å². The summed E-state index contributed by atoms with van der Waals surface area (Å²) in [6.07, 6.45) is 4.51. The second kappa shape index (κ2) is 4.95. The van der Waals surface area contributed by atoms with Crippen molar-refractivity contribution in [1.29, 1.82) is 0 Å². The quantitative estimate of drug-likeness (QED) is 0.868. The number of anilines is 1. The van der Waals surface area contributed by atoms with Crippen LogP contribution in [0, 0.1) is 0 Å². The molecular weight excluding hydrogens is 214 g/mol. The Kier molecular flexibility index (Phi) is 3.37. The zero-order valence-corrected chi connectivity index (χ0v) is 10.2. The van der Waals surface area contributed by atoms with Gasteiger partial charge in [-0.3, -0.25) is 4.98 Å². The van der Waals surface area contributed by atoms with Crippen molar-refractivity contribution in [2.45, 2.75) is 32.7 Å². The van der Waals surface area contributed by atoms with Gasteiger partial charge in [0.25, 0.3) is 0 Å². The van der Waals surface area contributed by atoms with E-state index in [0.717, 1.165) is 18.7 Å². The van der Waals surface area contributed by atoms with Crippen LogP contribution >= 0.6 is 0 Å². The lowest BCUT2D eigenvalue weighted by Crippen LogP contribution is -2.09. The molecule has 0 saturated heterocycles. The van der Waals surface area contributed by atoms with Crippen LogP contribution in [-0.4, -0.2) is 20.0 Å². The molecule has 0 aliphatic rings. The first-order valence-electron chi connectivity index (χ1n) is 5.76. The third-order valence-electron chi connectivity index (χ3n) is 2.71. The van der Waals surface area contributed by atoms with E-state index in [0.29, 0.717) is 11.7 Å². The van der Waals surface area contributed by atoms with Crippen molar-refractivity contribution in [2.75, 3.05) is 5.73 Å². The summed E-state index contributed by atoms with van der Waals surface area (Å²) in [7, 11) is 0. The van der Waals surface area contributed by atoms with E-state index in [1.54, 1.807) is 12.4 Å². The summed E-state index contributed by atoms with van der Waals surface area (Å²) in [4.78, 5) is 4.00. The lowest BCUT2D eigenvalue weighted by molar-refractivity contribution is 0.550. The second-order valence-electron chi connectivity index (χ2n) is 4.34. The number of hydrogen-bond donors (Lipinski definition) is 1. The number of pyridine rings is 1. The highest BCUT2D eigenvalue weighted by Crippen LogP contribution is 2.19. The molecule has 0 unspecified atom stereocenters. The van der Waals surface area contributed by atoms with Gasteiger partial charge in [0.15, 0.2) is 5.82 Å². The molecule has 0 spiro atoms. The van der Waals surface area contributed by atoms with E-state index in [1.807, 2.05) is 16.8 Å². The molecule has 0 saturated carbocycles. The van der Waals surface area contributed by atoms with Gasteiger partial charge >= 0.3 is 0 Å². The van der Waals surface area contributed by atoms with Gasteiger partial charge in [-0.25, -0.2) is 4.68 Å². The van der Waals surface area contributed by atoms with Crippen molar-refractivity contribution >= 4 is 5.82 Å². The second-order valence-corrected chi connectivity index (χ2v) is 4.34. The van der Waals surface area contributed by atoms with Gasteiger partial charge in [0.05, 0.1) is 5.69 Å². The van der Waals surface area contributed by atoms with E-state index >= 15 is 0 Å². The lowest BCUT2D eigenvalue weighted by atomic mass is 10.1. The Morgan fingerprint density at radius 3 is 2.65 bits per heavy atom. The maximum absolute atomic E-state index is 5.81. The predicted octanol–water partition coefficient (Wildman–Crippen LogP) is 1.62. The fraction of sp³-hybridized carbons (Fsp3) is 0.417. The molecule has 0 fully saturated rings. The molecule has 0 amide bonds. The summed E-state index contributed by atoms with van der Waals surface area (Å²) in [5.41, 5.74) is 8.06. The van der Waals surface area contributed by atoms with Gasteiger partial charge < -0.3 is 5.73 Å². The average molecular weight is 231 g/mol. The van der Waals surface area contributed by atoms with Crippen LogP contribution in [0.1, 0.15) is 31.0 Å². The van der Waals surface area contributed by atoms with Gasteiger partial charge in [-0.05, 0) is 30.0 Å². The molecule has 2 rings (SSSR count). The molecule has 0 bridgehead atoms. The van der Waals surface area contributed by atoms with Crippen LogP contribution in [0.25, 0.3) is 0 Å². The number of nitrogens with zero attached hydrogens (tertiary/aromatic N) is 4. The molecule has 0 aromatic carbocycles. The maximum Gasteiger partial charge on any atom is 0.169 e. The fourth-order valence-electron chi connectivity index (χ4n) is 1.88. The summed E-state index contributed by atoms with van der Waals surface area (Å²) in [6, 6.07) is 4.02. The van der Waals surface area contributed by atoms with Crippen molar-refractivity contribution in [1.82, 2.24) is 20.0 Å². The van der Waals surface area contributed by atoms with E-state index in [9.17, 15) is 0 Å². The third-order valence-corrected chi connectivity index (χ3v) is 2.71. The molecule has 0 radical (unpaired) electrons. The Morgan fingerprint density at radius 1 is 1.29 bits per heavy atom. The zero-order valence-electron chi connectivity index (χ0n) is 10.2. The zero-order chi connectivity index (χ0) is 12.3. The monoisotopic (exact) mass is 231 g/mol. The molecule has 5 nitrogen and oxygen atoms in total. The summed E-state index contributed by atoms with van der Waals surface area (Å²) < 4.78 is 1.89. The molecule has 2 aromatic heterocycles. The SMILES string of the molecule is CC(C)c1c(N)nnn1CCc1ccncc1. The van der Waals surface area contributed by atoms with Gasteiger partial charge in [0.1, 0.15) is 0 Å². The van der Waals surface area contributed by atoms with Crippen LogP contribution in [-0.2, 0) is 13.0 Å². The van der Waals surface area contributed by atoms with Gasteiger partial charge in [-0.2, -0.15) is 0 Å². The molecule has 2 heterocycles. The largest absolute Gasteiger partial charge is 0.381 e. The first-order valence-corrected chi connectivity index (χ1v) is 5.76. The third kappa shape index (κ3) is 2.61. The minimum atomic E-state index is 0.336. The Morgan fingerprint density at radius 2 is 2.00 bits per heavy atom. The standard InChI is InChI=1S/C12H17N5/c1-9(2)11-12(13)15-16-17(11)8-5-10-3-6-14-7-4-10/h3-4,6-7,9H,5,8,13H2,1-2H3. The summed E-state index contributed by atoms with van der Waals surface area (Å²) in [5, 5.41) is 8.01. The van der Waals surface area contributed by atoms with Crippen molar-refractivity contribution < 1.29 is 0 Å². The van der Waals surface area contributed by atoms with Crippen LogP contribution < -0.4 is 5.73 Å². The van der Waals surface area contributed by atoms with Gasteiger partial charge in [-0.15, -0.1) is 5.10 Å². The molecule has 5 heteroatoms. The summed E-state index contributed by atoms with van der Waals surface area (Å²) in [6.45, 7) is 4.98. The van der Waals surface area contributed by atoms with Crippen molar-refractivity contribution in [3.8, 4) is 0 Å². The number of nitrogen functional groups attached to an aromatic ring is 1. The Balaban J connectivity index is 2.09. The summed E-state index contributed by atoms with van der Waals surface area (Å²) >= 11 is 0. The van der Waals surface area contributed by atoms with E-state index in [2.05, 4.69) is 29.1 Å². The van der Waals surface area contributed by atoms with Crippen molar-refractivity contribution in [3.63, 3.8) is 0 Å². The van der Waals surface area contributed by atoms with Crippen LogP contribution in [0.15, 0.2) is 24.5 Å². The number of hydrogen-bond acceptors (Lipinski definition) is 4. The van der Waals surface area contributed by atoms with Crippen LogP contribution in [0.4, 0.5) is 5.82 Å². The average Bonchev–Trinajstić information content (AvgIpc) is 2.69. The van der Waals surface area contributed by atoms with Crippen LogP contribution in [0.3, 0.4) is 0 Å². The fourth-order valence-corrected chi connectivity index (χ4v) is 1.88. The lowest BCUT2D eigenvalue weighted by Gasteiger charge is -2.09. The van der Waals surface area contributed by atoms with Gasteiger partial charge in [-0.1, -0.05) is 19.1 Å². The number of aromatic nitrogens is 4. The smallest absolute Gasteiger partial charge is 0.169 e. The molecule has 0 aliphatic carbocycles. The molecule has 0 atom stereocenters. The molecule has 2 aromatic rings. The van der Waals surface area contributed by atoms with Gasteiger partial charge in [0.2, 0.25) is 0 Å². The highest BCUT2D eigenvalue weighted by molar-refractivity contribution is 5.35. The minimum Gasteiger partial charge on any atom is -0.381 e. The highest BCUT2D eigenvalue weighted by Gasteiger charge is 2.13. The molecule has 2 N–H and O–H groups in total. The van der Waals surface area contributed by atoms with Crippen molar-refractivity contribution in [2.24, 2.45) is 0 Å². The van der Waals surface area contributed by atoms with E-state index in [-0.39, 0.29) is 0 Å². The minimum absolute atomic E-state index is 0.336. The number of rotatable bonds is 4. The Hall–Kier alpha value is -1.91. The van der Waals surface area contributed by atoms with E-state index < -0.39 is 0 Å². The first kappa shape index (κ1) is 11.6. The topological polar surface area (TPSA) is 69.6 Å². The molecule has 0 aliphatic heterocycles. The molecule has 90 valence electrons. The van der Waals surface area contributed by atoms with E-state index in [4.69, 9.17) is 5.73 Å². The normalized spacial score (nSPS) is 11.0. The van der Waals surface area contributed by atoms with Crippen LogP contribution in [0.5, 0.6) is 0 Å². The number of nitrogens with two attached hydrogens (primary N) is 1. The maximum atomic E-state index is 5.81. The number of aryl methyl sites for hydroxylation is 2.